The Morgan fingerprint density at radius 2 is 2.10 bits per heavy atom. The number of nitrogens with one attached hydrogen (secondary N) is 2. The van der Waals surface area contributed by atoms with Crippen molar-refractivity contribution in [2.24, 2.45) is 5.84 Å². The number of hydrazine groups is 1. The van der Waals surface area contributed by atoms with E-state index in [0.29, 0.717) is 5.82 Å². The van der Waals surface area contributed by atoms with Gasteiger partial charge < -0.3 is 10.7 Å². The average Bonchev–Trinajstić information content (AvgIpc) is 2.94. The summed E-state index contributed by atoms with van der Waals surface area (Å²) >= 11 is 1.64. The molecule has 0 atom stereocenters. The third-order valence-corrected chi connectivity index (χ3v) is 3.83. The lowest BCUT2D eigenvalue weighted by Crippen LogP contribution is -2.10. The van der Waals surface area contributed by atoms with Gasteiger partial charge in [0.2, 0.25) is 5.82 Å². The van der Waals surface area contributed by atoms with E-state index in [-0.39, 0.29) is 11.5 Å². The normalized spacial score (nSPS) is 10.5. The van der Waals surface area contributed by atoms with Crippen LogP contribution < -0.4 is 16.6 Å². The van der Waals surface area contributed by atoms with Gasteiger partial charge in [0, 0.05) is 16.5 Å². The van der Waals surface area contributed by atoms with Crippen molar-refractivity contribution >= 4 is 44.4 Å². The first-order chi connectivity index (χ1) is 10.2. The predicted octanol–water partition coefficient (Wildman–Crippen LogP) is 3.23. The number of rotatable bonds is 4. The van der Waals surface area contributed by atoms with E-state index in [9.17, 15) is 10.1 Å². The number of anilines is 3. The number of aromatic nitrogens is 1. The molecule has 0 aliphatic rings. The minimum absolute atomic E-state index is 0.112. The summed E-state index contributed by atoms with van der Waals surface area (Å²) in [6.07, 6.45) is 0. The van der Waals surface area contributed by atoms with Crippen LogP contribution in [0.2, 0.25) is 0 Å². The van der Waals surface area contributed by atoms with E-state index in [2.05, 4.69) is 15.7 Å². The minimum Gasteiger partial charge on any atom is -0.334 e. The van der Waals surface area contributed by atoms with Crippen molar-refractivity contribution in [2.75, 3.05) is 10.7 Å². The molecule has 3 aromatic rings. The van der Waals surface area contributed by atoms with Crippen LogP contribution in [0.1, 0.15) is 0 Å². The lowest BCUT2D eigenvalue weighted by molar-refractivity contribution is -0.384. The molecule has 0 aliphatic heterocycles. The molecule has 106 valence electrons. The molecule has 8 heteroatoms. The number of benzene rings is 1. The molecule has 4 N–H and O–H groups in total. The molecule has 2 heterocycles. The van der Waals surface area contributed by atoms with Crippen LogP contribution in [0.5, 0.6) is 0 Å². The third kappa shape index (κ3) is 2.62. The smallest absolute Gasteiger partial charge is 0.311 e. The number of nitrogens with two attached hydrogens (primary N) is 1. The molecule has 0 radical (unpaired) electrons. The molecule has 0 aliphatic carbocycles. The van der Waals surface area contributed by atoms with Gasteiger partial charge >= 0.3 is 5.69 Å². The Morgan fingerprint density at radius 3 is 2.86 bits per heavy atom. The fourth-order valence-electron chi connectivity index (χ4n) is 1.95. The molecule has 0 unspecified atom stereocenters. The van der Waals surface area contributed by atoms with Crippen LogP contribution in [0.4, 0.5) is 23.0 Å². The van der Waals surface area contributed by atoms with Crippen LogP contribution in [-0.2, 0) is 0 Å². The second-order valence-electron chi connectivity index (χ2n) is 4.26. The zero-order chi connectivity index (χ0) is 14.8. The largest absolute Gasteiger partial charge is 0.334 e. The van der Waals surface area contributed by atoms with Gasteiger partial charge in [-0.15, -0.1) is 11.3 Å². The summed E-state index contributed by atoms with van der Waals surface area (Å²) in [7, 11) is 0. The highest BCUT2D eigenvalue weighted by Crippen LogP contribution is 2.29. The minimum atomic E-state index is -0.487. The standard InChI is InChI=1S/C13H11N5O2S/c14-17-12-4-2-10(18(19)20)13(16-12)15-9-1-3-11-8(7-9)5-6-21-11/h1-7H,14H2,(H2,15,16,17). The molecular weight excluding hydrogens is 290 g/mol. The maximum Gasteiger partial charge on any atom is 0.311 e. The lowest BCUT2D eigenvalue weighted by Gasteiger charge is -2.08. The molecule has 1 aromatic carbocycles. The summed E-state index contributed by atoms with van der Waals surface area (Å²) in [5, 5.41) is 17.1. The molecule has 0 bridgehead atoms. The van der Waals surface area contributed by atoms with Gasteiger partial charge in [0.25, 0.3) is 0 Å². The molecule has 7 nitrogen and oxygen atoms in total. The van der Waals surface area contributed by atoms with E-state index >= 15 is 0 Å². The number of fused-ring (bicyclic) bond motifs is 1. The second kappa shape index (κ2) is 5.35. The topological polar surface area (TPSA) is 106 Å². The quantitative estimate of drug-likeness (QED) is 0.388. The average molecular weight is 301 g/mol. The van der Waals surface area contributed by atoms with E-state index in [4.69, 9.17) is 5.84 Å². The fourth-order valence-corrected chi connectivity index (χ4v) is 2.72. The predicted molar refractivity (Wildman–Crippen MR) is 83.8 cm³/mol. The maximum absolute atomic E-state index is 11.1. The van der Waals surface area contributed by atoms with Gasteiger partial charge in [0.15, 0.2) is 0 Å². The zero-order valence-corrected chi connectivity index (χ0v) is 11.6. The zero-order valence-electron chi connectivity index (χ0n) is 10.7. The van der Waals surface area contributed by atoms with Crippen molar-refractivity contribution in [1.82, 2.24) is 4.98 Å². The molecule has 0 fully saturated rings. The summed E-state index contributed by atoms with van der Waals surface area (Å²) in [4.78, 5) is 14.7. The molecule has 21 heavy (non-hydrogen) atoms. The third-order valence-electron chi connectivity index (χ3n) is 2.93. The van der Waals surface area contributed by atoms with Gasteiger partial charge in [-0.1, -0.05) is 0 Å². The highest BCUT2D eigenvalue weighted by molar-refractivity contribution is 7.17. The maximum atomic E-state index is 11.1. The van der Waals surface area contributed by atoms with Gasteiger partial charge in [-0.3, -0.25) is 10.1 Å². The Morgan fingerprint density at radius 1 is 1.24 bits per heavy atom. The molecule has 0 saturated carbocycles. The van der Waals surface area contributed by atoms with Crippen LogP contribution in [0.3, 0.4) is 0 Å². The number of hydrogen-bond donors (Lipinski definition) is 3. The fraction of sp³-hybridized carbons (Fsp3) is 0. The van der Waals surface area contributed by atoms with Crippen molar-refractivity contribution in [1.29, 1.82) is 0 Å². The molecule has 2 aromatic heterocycles. The van der Waals surface area contributed by atoms with Crippen molar-refractivity contribution < 1.29 is 4.92 Å². The van der Waals surface area contributed by atoms with E-state index < -0.39 is 4.92 Å². The lowest BCUT2D eigenvalue weighted by atomic mass is 10.2. The first-order valence-corrected chi connectivity index (χ1v) is 6.91. The molecule has 0 amide bonds. The van der Waals surface area contributed by atoms with Gasteiger partial charge in [-0.05, 0) is 41.1 Å². The van der Waals surface area contributed by atoms with Crippen molar-refractivity contribution in [3.63, 3.8) is 0 Å². The number of nitro groups is 1. The van der Waals surface area contributed by atoms with Crippen LogP contribution in [0, 0.1) is 10.1 Å². The van der Waals surface area contributed by atoms with E-state index in [1.54, 1.807) is 11.3 Å². The van der Waals surface area contributed by atoms with Crippen LogP contribution in [-0.4, -0.2) is 9.91 Å². The molecule has 0 spiro atoms. The van der Waals surface area contributed by atoms with Gasteiger partial charge in [0.05, 0.1) is 4.92 Å². The first-order valence-electron chi connectivity index (χ1n) is 6.04. The number of pyridine rings is 1. The summed E-state index contributed by atoms with van der Waals surface area (Å²) in [5.74, 6) is 5.78. The van der Waals surface area contributed by atoms with E-state index in [1.165, 1.54) is 12.1 Å². The number of hydrogen-bond acceptors (Lipinski definition) is 7. The van der Waals surface area contributed by atoms with E-state index in [1.807, 2.05) is 29.6 Å². The van der Waals surface area contributed by atoms with Gasteiger partial charge in [-0.2, -0.15) is 0 Å². The Labute approximate surface area is 123 Å². The Bertz CT molecular complexity index is 817. The highest BCUT2D eigenvalue weighted by atomic mass is 32.1. The number of thiophene rings is 1. The van der Waals surface area contributed by atoms with Crippen molar-refractivity contribution in [3.05, 3.63) is 51.9 Å². The van der Waals surface area contributed by atoms with Crippen LogP contribution in [0.25, 0.3) is 10.1 Å². The van der Waals surface area contributed by atoms with E-state index in [0.717, 1.165) is 15.8 Å². The summed E-state index contributed by atoms with van der Waals surface area (Å²) < 4.78 is 1.15. The first kappa shape index (κ1) is 13.3. The Kier molecular flexibility index (Phi) is 3.38. The van der Waals surface area contributed by atoms with Crippen LogP contribution >= 0.6 is 11.3 Å². The van der Waals surface area contributed by atoms with Crippen LogP contribution in [0.15, 0.2) is 41.8 Å². The van der Waals surface area contributed by atoms with Gasteiger partial charge in [-0.25, -0.2) is 10.8 Å². The summed E-state index contributed by atoms with van der Waals surface area (Å²) in [6, 6.07) is 10.5. The second-order valence-corrected chi connectivity index (χ2v) is 5.21. The number of nitrogen functional groups attached to an aromatic ring is 1. The summed E-state index contributed by atoms with van der Waals surface area (Å²) in [5.41, 5.74) is 2.99. The molecule has 0 saturated heterocycles. The van der Waals surface area contributed by atoms with Crippen molar-refractivity contribution in [3.8, 4) is 0 Å². The highest BCUT2D eigenvalue weighted by Gasteiger charge is 2.16. The monoisotopic (exact) mass is 301 g/mol. The molecular formula is C13H11N5O2S. The van der Waals surface area contributed by atoms with Gasteiger partial charge in [0.1, 0.15) is 5.82 Å². The SMILES string of the molecule is NNc1ccc([N+](=O)[O-])c(Nc2ccc3sccc3c2)n1. The van der Waals surface area contributed by atoms with Crippen molar-refractivity contribution in [2.45, 2.75) is 0 Å². The summed E-state index contributed by atoms with van der Waals surface area (Å²) in [6.45, 7) is 0. The molecule has 3 rings (SSSR count). The number of nitrogens with zero attached hydrogens (tertiary/aromatic N) is 2. The Balaban J connectivity index is 2.00. The Hall–Kier alpha value is -2.71.